The quantitative estimate of drug-likeness (QED) is 0.854. The van der Waals surface area contributed by atoms with Gasteiger partial charge in [0.1, 0.15) is 10.1 Å². The van der Waals surface area contributed by atoms with Crippen molar-refractivity contribution in [3.8, 4) is 0 Å². The van der Waals surface area contributed by atoms with Gasteiger partial charge in [-0.3, -0.25) is 5.10 Å². The Morgan fingerprint density at radius 1 is 1.24 bits per heavy atom. The molecule has 0 radical (unpaired) electrons. The molecule has 0 unspecified atom stereocenters. The van der Waals surface area contributed by atoms with Gasteiger partial charge in [-0.05, 0) is 47.5 Å². The minimum atomic E-state index is 0.414. The number of fused-ring (bicyclic) bond motifs is 1. The van der Waals surface area contributed by atoms with E-state index < -0.39 is 0 Å². The van der Waals surface area contributed by atoms with Gasteiger partial charge in [0, 0.05) is 19.7 Å². The van der Waals surface area contributed by atoms with Gasteiger partial charge in [0.2, 0.25) is 5.65 Å². The minimum Gasteiger partial charge on any atom is -0.381 e. The molecule has 0 saturated carbocycles. The average Bonchev–Trinajstić information content (AvgIpc) is 3.08. The molecule has 2 aromatic rings. The molecule has 0 atom stereocenters. The van der Waals surface area contributed by atoms with Crippen LogP contribution in [0.1, 0.15) is 25.0 Å². The first-order chi connectivity index (χ1) is 10.2. The van der Waals surface area contributed by atoms with Crippen molar-refractivity contribution in [1.82, 2.24) is 20.2 Å². The zero-order chi connectivity index (χ0) is 14.4. The molecule has 0 amide bonds. The van der Waals surface area contributed by atoms with Crippen molar-refractivity contribution < 1.29 is 4.74 Å². The third kappa shape index (κ3) is 2.23. The predicted octanol–water partition coefficient (Wildman–Crippen LogP) is 2.43. The molecule has 2 aliphatic heterocycles. The lowest BCUT2D eigenvalue weighted by Gasteiger charge is -2.39. The van der Waals surface area contributed by atoms with Crippen LogP contribution in [0.2, 0.25) is 0 Å². The van der Waals surface area contributed by atoms with Gasteiger partial charge in [0.05, 0.1) is 12.3 Å². The molecule has 4 heterocycles. The zero-order valence-electron chi connectivity index (χ0n) is 12.0. The smallest absolute Gasteiger partial charge is 0.202 e. The van der Waals surface area contributed by atoms with Crippen LogP contribution in [0.5, 0.6) is 0 Å². The molecule has 1 spiro atoms. The first-order valence-corrected chi connectivity index (χ1v) is 8.17. The number of aromatic amines is 1. The summed E-state index contributed by atoms with van der Waals surface area (Å²) in [5.74, 6) is 0.968. The summed E-state index contributed by atoms with van der Waals surface area (Å²) in [4.78, 5) is 11.7. The summed E-state index contributed by atoms with van der Waals surface area (Å²) in [6.07, 6.45) is 3.56. The highest BCUT2D eigenvalue weighted by Gasteiger charge is 2.38. The number of rotatable bonds is 1. The second-order valence-electron chi connectivity index (χ2n) is 6.13. The highest BCUT2D eigenvalue weighted by molar-refractivity contribution is 9.10. The number of nitrogens with zero attached hydrogens (tertiary/aromatic N) is 4. The Balaban J connectivity index is 1.60. The number of piperidine rings is 1. The Morgan fingerprint density at radius 2 is 2.05 bits per heavy atom. The molecule has 6 nitrogen and oxygen atoms in total. The minimum absolute atomic E-state index is 0.414. The average molecular weight is 352 g/mol. The van der Waals surface area contributed by atoms with Crippen LogP contribution >= 0.6 is 15.9 Å². The fourth-order valence-corrected chi connectivity index (χ4v) is 3.77. The van der Waals surface area contributed by atoms with Crippen LogP contribution in [0.25, 0.3) is 11.2 Å². The van der Waals surface area contributed by atoms with Gasteiger partial charge in [-0.15, -0.1) is 0 Å². The first-order valence-electron chi connectivity index (χ1n) is 7.38. The molecule has 0 aromatic carbocycles. The fraction of sp³-hybridized carbons (Fsp3) is 0.643. The van der Waals surface area contributed by atoms with E-state index in [1.807, 2.05) is 6.92 Å². The van der Waals surface area contributed by atoms with E-state index in [9.17, 15) is 0 Å². The van der Waals surface area contributed by atoms with Gasteiger partial charge in [-0.25, -0.2) is 9.97 Å². The third-order valence-electron chi connectivity index (χ3n) is 4.80. The van der Waals surface area contributed by atoms with Gasteiger partial charge in [-0.1, -0.05) is 0 Å². The first kappa shape index (κ1) is 13.5. The van der Waals surface area contributed by atoms with Crippen molar-refractivity contribution in [1.29, 1.82) is 0 Å². The number of hydrogen-bond donors (Lipinski definition) is 1. The highest BCUT2D eigenvalue weighted by atomic mass is 79.9. The van der Waals surface area contributed by atoms with Crippen LogP contribution < -0.4 is 4.90 Å². The number of hydrogen-bond acceptors (Lipinski definition) is 5. The van der Waals surface area contributed by atoms with E-state index in [1.54, 1.807) is 0 Å². The number of anilines is 1. The Morgan fingerprint density at radius 3 is 2.76 bits per heavy atom. The Labute approximate surface area is 131 Å². The summed E-state index contributed by atoms with van der Waals surface area (Å²) >= 11 is 3.41. The molecule has 112 valence electrons. The van der Waals surface area contributed by atoms with Crippen molar-refractivity contribution in [3.05, 3.63) is 10.3 Å². The number of aryl methyl sites for hydroxylation is 1. The van der Waals surface area contributed by atoms with Gasteiger partial charge in [0.25, 0.3) is 0 Å². The van der Waals surface area contributed by atoms with E-state index in [4.69, 9.17) is 9.72 Å². The van der Waals surface area contributed by atoms with Crippen molar-refractivity contribution in [3.63, 3.8) is 0 Å². The van der Waals surface area contributed by atoms with Gasteiger partial charge in [-0.2, -0.15) is 5.10 Å². The summed E-state index contributed by atoms with van der Waals surface area (Å²) in [6.45, 7) is 5.92. The third-order valence-corrected chi connectivity index (χ3v) is 5.36. The van der Waals surface area contributed by atoms with Gasteiger partial charge >= 0.3 is 0 Å². The summed E-state index contributed by atoms with van der Waals surface area (Å²) in [7, 11) is 0. The van der Waals surface area contributed by atoms with Crippen LogP contribution in [0, 0.1) is 12.3 Å². The normalized spacial score (nSPS) is 21.5. The van der Waals surface area contributed by atoms with Crippen molar-refractivity contribution >= 4 is 32.9 Å². The zero-order valence-corrected chi connectivity index (χ0v) is 13.6. The molecule has 1 N–H and O–H groups in total. The number of nitrogens with one attached hydrogen (secondary N) is 1. The summed E-state index contributed by atoms with van der Waals surface area (Å²) in [6, 6.07) is 0. The SMILES string of the molecule is Cc1nc2c(Br)[nH]nc2nc1N1CCC2(CCOC2)CC1. The maximum absolute atomic E-state index is 5.60. The van der Waals surface area contributed by atoms with E-state index in [-0.39, 0.29) is 0 Å². The van der Waals surface area contributed by atoms with Crippen molar-refractivity contribution in [2.24, 2.45) is 5.41 Å². The molecular weight excluding hydrogens is 334 g/mol. The Kier molecular flexibility index (Phi) is 3.15. The number of H-pyrrole nitrogens is 1. The molecule has 4 rings (SSSR count). The van der Waals surface area contributed by atoms with E-state index in [0.29, 0.717) is 11.1 Å². The lowest BCUT2D eigenvalue weighted by atomic mass is 9.78. The Hall–Kier alpha value is -1.21. The summed E-state index contributed by atoms with van der Waals surface area (Å²) in [5, 5.41) is 7.07. The van der Waals surface area contributed by atoms with E-state index in [1.165, 1.54) is 19.3 Å². The van der Waals surface area contributed by atoms with Gasteiger partial charge in [0.15, 0.2) is 5.82 Å². The summed E-state index contributed by atoms with van der Waals surface area (Å²) in [5.41, 5.74) is 2.85. The van der Waals surface area contributed by atoms with Crippen molar-refractivity contribution in [2.75, 3.05) is 31.2 Å². The topological polar surface area (TPSA) is 66.9 Å². The number of ether oxygens (including phenoxy) is 1. The van der Waals surface area contributed by atoms with Crippen LogP contribution in [0.3, 0.4) is 0 Å². The van der Waals surface area contributed by atoms with Crippen LogP contribution in [0.15, 0.2) is 4.60 Å². The molecule has 2 aromatic heterocycles. The van der Waals surface area contributed by atoms with E-state index in [2.05, 4.69) is 36.0 Å². The fourth-order valence-electron chi connectivity index (χ4n) is 3.42. The molecular formula is C14H18BrN5O. The van der Waals surface area contributed by atoms with Crippen LogP contribution in [-0.4, -0.2) is 46.5 Å². The molecule has 21 heavy (non-hydrogen) atoms. The number of aromatic nitrogens is 4. The second-order valence-corrected chi connectivity index (χ2v) is 6.93. The van der Waals surface area contributed by atoms with E-state index in [0.717, 1.165) is 47.9 Å². The molecule has 2 saturated heterocycles. The maximum Gasteiger partial charge on any atom is 0.202 e. The monoisotopic (exact) mass is 351 g/mol. The molecule has 2 fully saturated rings. The predicted molar refractivity (Wildman–Crippen MR) is 83.4 cm³/mol. The van der Waals surface area contributed by atoms with Crippen LogP contribution in [0.4, 0.5) is 5.82 Å². The summed E-state index contributed by atoms with van der Waals surface area (Å²) < 4.78 is 6.39. The second kappa shape index (κ2) is 4.91. The standard InChI is InChI=1S/C14H18BrN5O/c1-9-13(17-12-10(16-9)11(15)18-19-12)20-5-2-14(3-6-20)4-7-21-8-14/h2-8H2,1H3,(H,17,18,19). The van der Waals surface area contributed by atoms with E-state index >= 15 is 0 Å². The molecule has 0 bridgehead atoms. The lowest BCUT2D eigenvalue weighted by Crippen LogP contribution is -2.41. The molecule has 7 heteroatoms. The lowest BCUT2D eigenvalue weighted by molar-refractivity contribution is 0.133. The Bertz CT molecular complexity index is 669. The highest BCUT2D eigenvalue weighted by Crippen LogP contribution is 2.40. The number of halogens is 1. The largest absolute Gasteiger partial charge is 0.381 e. The maximum atomic E-state index is 5.60. The molecule has 2 aliphatic rings. The van der Waals surface area contributed by atoms with Crippen LogP contribution in [-0.2, 0) is 4.74 Å². The van der Waals surface area contributed by atoms with Gasteiger partial charge < -0.3 is 9.64 Å². The molecule has 0 aliphatic carbocycles. The van der Waals surface area contributed by atoms with Crippen molar-refractivity contribution in [2.45, 2.75) is 26.2 Å².